The van der Waals surface area contributed by atoms with E-state index in [1.165, 1.54) is 18.2 Å². The highest BCUT2D eigenvalue weighted by Gasteiger charge is 2.31. The van der Waals surface area contributed by atoms with E-state index in [9.17, 15) is 19.5 Å². The molecule has 5 aromatic rings. The molecule has 0 atom stereocenters. The molecule has 0 saturated carbocycles. The van der Waals surface area contributed by atoms with Crippen molar-refractivity contribution >= 4 is 58.2 Å². The summed E-state index contributed by atoms with van der Waals surface area (Å²) in [5.41, 5.74) is 30.4. The van der Waals surface area contributed by atoms with Crippen molar-refractivity contribution in [1.29, 1.82) is 0 Å². The van der Waals surface area contributed by atoms with Gasteiger partial charge >= 0.3 is 0 Å². The molecule has 11 N–H and O–H groups in total. The number of nitrogen functional groups attached to an aromatic ring is 3. The minimum atomic E-state index is -0.701. The van der Waals surface area contributed by atoms with Crippen molar-refractivity contribution in [3.05, 3.63) is 146 Å². The summed E-state index contributed by atoms with van der Waals surface area (Å²) in [5.74, 6) is -0.533. The summed E-state index contributed by atoms with van der Waals surface area (Å²) >= 11 is 0. The lowest BCUT2D eigenvalue weighted by Gasteiger charge is -2.24. The first-order chi connectivity index (χ1) is 25.4. The zero-order chi connectivity index (χ0) is 37.6. The van der Waals surface area contributed by atoms with Crippen molar-refractivity contribution in [3.63, 3.8) is 0 Å². The molecule has 5 aromatic carbocycles. The van der Waals surface area contributed by atoms with Gasteiger partial charge in [-0.3, -0.25) is 14.4 Å². The molecule has 0 radical (unpaired) electrons. The predicted molar refractivity (Wildman–Crippen MR) is 205 cm³/mol. The number of carbonyl (C=O) groups excluding carboxylic acids is 3. The maximum Gasteiger partial charge on any atom is 0.270 e. The first-order valence-corrected chi connectivity index (χ1v) is 16.7. The minimum Gasteiger partial charge on any atom is -0.506 e. The van der Waals surface area contributed by atoms with Gasteiger partial charge in [0.25, 0.3) is 11.8 Å². The number of phenolic OH excluding ortho intramolecular Hbond substituents is 1. The number of hydrogen-bond acceptors (Lipinski definition) is 9. The van der Waals surface area contributed by atoms with Gasteiger partial charge in [-0.2, -0.15) is 0 Å². The summed E-state index contributed by atoms with van der Waals surface area (Å²) in [6.45, 7) is 6.39. The molecule has 0 aromatic heterocycles. The van der Waals surface area contributed by atoms with Crippen LogP contribution in [0.25, 0.3) is 17.7 Å². The number of hydrogen-bond donors (Lipinski definition) is 7. The first-order valence-electron chi connectivity index (χ1n) is 16.7. The number of carbonyl (C=O) groups is 3. The van der Waals surface area contributed by atoms with E-state index >= 15 is 0 Å². The third kappa shape index (κ3) is 6.29. The normalized spacial score (nSPS) is 12.8. The molecule has 12 heteroatoms. The van der Waals surface area contributed by atoms with Crippen LogP contribution in [-0.4, -0.2) is 35.1 Å². The Morgan fingerprint density at radius 2 is 1.53 bits per heavy atom. The Kier molecular flexibility index (Phi) is 8.64. The minimum absolute atomic E-state index is 0.127. The highest BCUT2D eigenvalue weighted by atomic mass is 16.5. The quantitative estimate of drug-likeness (QED) is 0.0671. The van der Waals surface area contributed by atoms with Gasteiger partial charge in [0, 0.05) is 69.1 Å². The van der Waals surface area contributed by atoms with E-state index in [-0.39, 0.29) is 40.7 Å². The highest BCUT2D eigenvalue weighted by Crippen LogP contribution is 2.39. The zero-order valence-corrected chi connectivity index (χ0v) is 28.6. The number of nitrogens with zero attached hydrogens (tertiary/aromatic N) is 1. The summed E-state index contributed by atoms with van der Waals surface area (Å²) in [7, 11) is 0. The van der Waals surface area contributed by atoms with Gasteiger partial charge in [-0.05, 0) is 71.3 Å². The van der Waals surface area contributed by atoms with Gasteiger partial charge in [0.2, 0.25) is 5.91 Å². The number of anilines is 3. The van der Waals surface area contributed by atoms with Gasteiger partial charge < -0.3 is 43.4 Å². The smallest absolute Gasteiger partial charge is 0.270 e. The van der Waals surface area contributed by atoms with Gasteiger partial charge in [-0.25, -0.2) is 4.99 Å². The Labute approximate surface area is 303 Å². The average molecular weight is 706 g/mol. The standard InChI is InChI=1S/C41H35N7O5/c1-3-46-41(52)38-35(37(48-38)29-17-32(49)31(44)18-30(29)43)22-7-5-21(6-8-22)19-47-40(51)23-9-12-25(28(15-23)39(45)50)36-26-11-4-20(2)14-33(26)53-34-16-24(42)10-13-27(34)36/h4-18,49H,2-3,19,42-44H2,1H3,(H2,45,50)(H,46,52)(H,47,51). The molecule has 264 valence electrons. The van der Waals surface area contributed by atoms with Crippen LogP contribution in [-0.2, 0) is 11.3 Å². The van der Waals surface area contributed by atoms with Gasteiger partial charge in [0.05, 0.1) is 11.4 Å². The van der Waals surface area contributed by atoms with E-state index in [0.717, 1.165) is 21.6 Å². The van der Waals surface area contributed by atoms with Crippen molar-refractivity contribution in [3.8, 4) is 17.2 Å². The van der Waals surface area contributed by atoms with Gasteiger partial charge in [0.15, 0.2) is 0 Å². The summed E-state index contributed by atoms with van der Waals surface area (Å²) in [6.07, 6.45) is 0. The van der Waals surface area contributed by atoms with Crippen molar-refractivity contribution in [2.75, 3.05) is 23.7 Å². The van der Waals surface area contributed by atoms with Crippen molar-refractivity contribution in [2.24, 2.45) is 10.7 Å². The van der Waals surface area contributed by atoms with Crippen molar-refractivity contribution in [1.82, 2.24) is 10.6 Å². The number of phenols is 1. The fraction of sp³-hybridized carbons (Fsp3) is 0.0732. The molecule has 0 fully saturated rings. The molecule has 2 aliphatic heterocycles. The molecule has 53 heavy (non-hydrogen) atoms. The van der Waals surface area contributed by atoms with Crippen LogP contribution in [0.2, 0.25) is 0 Å². The molecule has 12 nitrogen and oxygen atoms in total. The van der Waals surface area contributed by atoms with E-state index in [4.69, 9.17) is 27.7 Å². The molecule has 0 spiro atoms. The second kappa shape index (κ2) is 13.4. The molecule has 0 aliphatic carbocycles. The second-order valence-electron chi connectivity index (χ2n) is 12.6. The second-order valence-corrected chi connectivity index (χ2v) is 12.6. The fourth-order valence-corrected chi connectivity index (χ4v) is 6.41. The van der Waals surface area contributed by atoms with Crippen LogP contribution in [0.15, 0.2) is 102 Å². The molecule has 2 aliphatic rings. The average Bonchev–Trinajstić information content (AvgIpc) is 3.11. The topological polar surface area (TPSA) is 221 Å². The Morgan fingerprint density at radius 1 is 0.774 bits per heavy atom. The third-order valence-corrected chi connectivity index (χ3v) is 9.03. The van der Waals surface area contributed by atoms with Crippen LogP contribution >= 0.6 is 0 Å². The lowest BCUT2D eigenvalue weighted by Crippen LogP contribution is -2.30. The van der Waals surface area contributed by atoms with Gasteiger partial charge in [-0.15, -0.1) is 0 Å². The number of primary amides is 1. The molecule has 0 bridgehead atoms. The summed E-state index contributed by atoms with van der Waals surface area (Å²) in [6, 6.07) is 25.8. The largest absolute Gasteiger partial charge is 0.506 e. The number of benzene rings is 5. The maximum atomic E-state index is 13.4. The van der Waals surface area contributed by atoms with E-state index in [1.807, 2.05) is 49.4 Å². The number of aliphatic imine (C=N–C) groups is 1. The predicted octanol–water partition coefficient (Wildman–Crippen LogP) is 3.28. The highest BCUT2D eigenvalue weighted by molar-refractivity contribution is 6.42. The Hall–Kier alpha value is -7.34. The molecule has 0 unspecified atom stereocenters. The van der Waals surface area contributed by atoms with Gasteiger partial charge in [-0.1, -0.05) is 49.0 Å². The number of aromatic hydroxyl groups is 1. The number of likely N-dealkylation sites (N-methyl/N-ethyl adjacent to an activating group) is 1. The number of nitrogens with two attached hydrogens (primary N) is 4. The summed E-state index contributed by atoms with van der Waals surface area (Å²) in [4.78, 5) is 43.6. The number of amides is 3. The third-order valence-electron chi connectivity index (χ3n) is 9.03. The maximum absolute atomic E-state index is 13.4. The van der Waals surface area contributed by atoms with Crippen molar-refractivity contribution in [2.45, 2.75) is 13.5 Å². The van der Waals surface area contributed by atoms with E-state index in [2.05, 4.69) is 22.2 Å². The Morgan fingerprint density at radius 3 is 2.26 bits per heavy atom. The molecule has 0 saturated heterocycles. The Bertz CT molecular complexity index is 2580. The lowest BCUT2D eigenvalue weighted by molar-refractivity contribution is -0.117. The van der Waals surface area contributed by atoms with Crippen LogP contribution in [0.4, 0.5) is 17.1 Å². The Balaban J connectivity index is 1.14. The van der Waals surface area contributed by atoms with Crippen LogP contribution in [0.5, 0.6) is 17.2 Å². The first kappa shape index (κ1) is 34.1. The lowest BCUT2D eigenvalue weighted by atomic mass is 9.88. The van der Waals surface area contributed by atoms with E-state index in [0.29, 0.717) is 63.0 Å². The number of rotatable bonds is 9. The van der Waals surface area contributed by atoms with Crippen LogP contribution < -0.4 is 48.7 Å². The summed E-state index contributed by atoms with van der Waals surface area (Å²) in [5, 5.41) is 17.4. The molecule has 3 amide bonds. The van der Waals surface area contributed by atoms with Crippen LogP contribution in [0, 0.1) is 0 Å². The van der Waals surface area contributed by atoms with E-state index in [1.54, 1.807) is 30.3 Å². The molecular formula is C41H35N7O5. The van der Waals surface area contributed by atoms with Crippen LogP contribution in [0.1, 0.15) is 55.5 Å². The van der Waals surface area contributed by atoms with Gasteiger partial charge in [0.1, 0.15) is 22.9 Å². The monoisotopic (exact) mass is 705 g/mol. The van der Waals surface area contributed by atoms with Crippen LogP contribution in [0.3, 0.4) is 0 Å². The number of nitrogens with one attached hydrogen (secondary N) is 2. The molecular weight excluding hydrogens is 670 g/mol. The number of fused-ring (bicyclic) bond motifs is 2. The van der Waals surface area contributed by atoms with Crippen molar-refractivity contribution < 1.29 is 24.2 Å². The number of allylic oxidation sites excluding steroid dienone is 1. The molecule has 2 heterocycles. The zero-order valence-electron chi connectivity index (χ0n) is 28.6. The fourth-order valence-electron chi connectivity index (χ4n) is 6.41. The SMILES string of the molecule is C=c1ccc2c(c1)Oc1cc(N)ccc1C=2c1ccc(C(=O)NCc2ccc(C3=C(C(=O)NCC)N=C3c3cc(O)c(N)cc3N)cc2)cc1C(N)=O. The van der Waals surface area contributed by atoms with E-state index < -0.39 is 11.8 Å². The number of ether oxygens (including phenoxy) is 1. The summed E-state index contributed by atoms with van der Waals surface area (Å²) < 4.78 is 6.16. The molecule has 7 rings (SSSR count).